The summed E-state index contributed by atoms with van der Waals surface area (Å²) in [6.45, 7) is 18.2. The van der Waals surface area contributed by atoms with Crippen molar-refractivity contribution in [2.75, 3.05) is 14.2 Å². The molecule has 4 unspecified atom stereocenters. The van der Waals surface area contributed by atoms with Crippen molar-refractivity contribution in [1.82, 2.24) is 0 Å². The predicted octanol–water partition coefficient (Wildman–Crippen LogP) is 4.98. The van der Waals surface area contributed by atoms with Gasteiger partial charge in [-0.05, 0) is 52.5 Å². The van der Waals surface area contributed by atoms with Crippen molar-refractivity contribution in [1.29, 1.82) is 0 Å². The van der Waals surface area contributed by atoms with Crippen LogP contribution in [-0.2, 0) is 38.0 Å². The maximum Gasteiger partial charge on any atom is 0.404 e. The highest BCUT2D eigenvalue weighted by Gasteiger charge is 2.52. The summed E-state index contributed by atoms with van der Waals surface area (Å²) in [7, 11) is 2.81. The molecule has 1 amide bonds. The summed E-state index contributed by atoms with van der Waals surface area (Å²) in [4.78, 5) is 25.4. The van der Waals surface area contributed by atoms with Crippen LogP contribution in [0.1, 0.15) is 94.9 Å². The van der Waals surface area contributed by atoms with E-state index in [4.69, 9.17) is 38.9 Å². The van der Waals surface area contributed by atoms with Crippen LogP contribution in [0.15, 0.2) is 59.4 Å². The minimum atomic E-state index is -1.97. The fourth-order valence-corrected chi connectivity index (χ4v) is 8.94. The van der Waals surface area contributed by atoms with Gasteiger partial charge >= 0.3 is 12.1 Å². The zero-order chi connectivity index (χ0) is 45.9. The van der Waals surface area contributed by atoms with Gasteiger partial charge in [0.05, 0.1) is 49.8 Å². The summed E-state index contributed by atoms with van der Waals surface area (Å²) in [5, 5.41) is 58.0. The van der Waals surface area contributed by atoms with E-state index in [1.807, 2.05) is 53.7 Å². The number of amides is 1. The van der Waals surface area contributed by atoms with Gasteiger partial charge < -0.3 is 64.4 Å². The lowest BCUT2D eigenvalue weighted by Crippen LogP contribution is -2.59. The summed E-state index contributed by atoms with van der Waals surface area (Å²) >= 11 is 0. The summed E-state index contributed by atoms with van der Waals surface area (Å²) in [5.41, 5.74) is 6.78. The summed E-state index contributed by atoms with van der Waals surface area (Å²) in [6.07, 6.45) is 2.20. The number of rotatable bonds is 11. The van der Waals surface area contributed by atoms with Gasteiger partial charge in [-0.15, -0.1) is 0 Å². The Balaban J connectivity index is 2.00. The molecular formula is C46H75NO14. The Labute approximate surface area is 362 Å². The zero-order valence-electron chi connectivity index (χ0n) is 38.2. The number of hydrogen-bond acceptors (Lipinski definition) is 14. The average molecular weight is 866 g/mol. The molecule has 0 aromatic carbocycles. The molecule has 61 heavy (non-hydrogen) atoms. The lowest BCUT2D eigenvalue weighted by molar-refractivity contribution is -0.338. The number of esters is 1. The Morgan fingerprint density at radius 2 is 1.77 bits per heavy atom. The first kappa shape index (κ1) is 52.2. The van der Waals surface area contributed by atoms with E-state index in [0.29, 0.717) is 18.4 Å². The molecule has 15 heteroatoms. The molecule has 3 aliphatic rings. The highest BCUT2D eigenvalue weighted by molar-refractivity contribution is 5.87. The number of aliphatic hydroxyl groups excluding tert-OH is 4. The molecule has 0 aromatic heterocycles. The van der Waals surface area contributed by atoms with Crippen molar-refractivity contribution in [2.24, 2.45) is 41.2 Å². The number of nitrogens with two attached hydrogens (primary N) is 1. The van der Waals surface area contributed by atoms with Crippen LogP contribution in [0, 0.1) is 35.5 Å². The molecule has 0 saturated carbocycles. The molecule has 3 rings (SSSR count). The lowest BCUT2D eigenvalue weighted by atomic mass is 9.77. The molecule has 7 N–H and O–H groups in total. The molecular weight excluding hydrogens is 790 g/mol. The lowest BCUT2D eigenvalue weighted by Gasteiger charge is -2.49. The van der Waals surface area contributed by atoms with Gasteiger partial charge in [0.1, 0.15) is 12.2 Å². The Morgan fingerprint density at radius 3 is 2.34 bits per heavy atom. The highest BCUT2D eigenvalue weighted by Crippen LogP contribution is 2.42. The van der Waals surface area contributed by atoms with Crippen LogP contribution in [0.4, 0.5) is 4.79 Å². The van der Waals surface area contributed by atoms with Crippen molar-refractivity contribution < 1.29 is 68.3 Å². The molecule has 3 aliphatic heterocycles. The normalized spacial score (nSPS) is 42.2. The predicted molar refractivity (Wildman–Crippen MR) is 228 cm³/mol. The molecule has 2 saturated heterocycles. The number of aliphatic hydroxyl groups is 5. The van der Waals surface area contributed by atoms with E-state index < -0.39 is 97.0 Å². The van der Waals surface area contributed by atoms with Gasteiger partial charge in [0.25, 0.3) is 0 Å². The van der Waals surface area contributed by atoms with Gasteiger partial charge in [0.15, 0.2) is 18.2 Å². The fourth-order valence-electron chi connectivity index (χ4n) is 8.94. The van der Waals surface area contributed by atoms with E-state index >= 15 is 0 Å². The smallest absolute Gasteiger partial charge is 0.404 e. The van der Waals surface area contributed by atoms with E-state index in [1.54, 1.807) is 52.0 Å². The van der Waals surface area contributed by atoms with Gasteiger partial charge in [-0.25, -0.2) is 9.59 Å². The first-order valence-electron chi connectivity index (χ1n) is 21.7. The number of methoxy groups -OCH3 is 2. The van der Waals surface area contributed by atoms with E-state index in [2.05, 4.69) is 0 Å². The third-order valence-corrected chi connectivity index (χ3v) is 12.8. The van der Waals surface area contributed by atoms with E-state index in [0.717, 1.165) is 5.57 Å². The van der Waals surface area contributed by atoms with Crippen LogP contribution in [-0.4, -0.2) is 125 Å². The molecule has 0 aromatic rings. The topological polar surface area (TPSA) is 226 Å². The van der Waals surface area contributed by atoms with Crippen LogP contribution in [0.3, 0.4) is 0 Å². The quantitative estimate of drug-likeness (QED) is 0.119. The number of carbonyl (C=O) groups excluding carboxylic acids is 2. The van der Waals surface area contributed by atoms with Gasteiger partial charge in [-0.2, -0.15) is 0 Å². The maximum absolute atomic E-state index is 13.9. The largest absolute Gasteiger partial charge is 0.490 e. The molecule has 18 atom stereocenters. The Kier molecular flexibility index (Phi) is 20.1. The van der Waals surface area contributed by atoms with E-state index in [9.17, 15) is 35.1 Å². The number of primary amides is 1. The Hall–Kier alpha value is -3.12. The van der Waals surface area contributed by atoms with Crippen LogP contribution >= 0.6 is 0 Å². The van der Waals surface area contributed by atoms with E-state index in [-0.39, 0.29) is 42.3 Å². The van der Waals surface area contributed by atoms with Crippen LogP contribution in [0.5, 0.6) is 0 Å². The Bertz CT molecular complexity index is 1570. The summed E-state index contributed by atoms with van der Waals surface area (Å²) in [6, 6.07) is 0. The molecule has 15 nitrogen and oxygen atoms in total. The monoisotopic (exact) mass is 866 g/mol. The SMILES string of the molecule is C/C=C/[C@H]1O[C@@](O)([C@@H](C)[C@H](O)[C@H](C)[C@H]2OC(=O)/C(OC)=C/C(C)=C/[C@@H](C)[C@@H](O)[C@@H](CC)[C@@H](O)[C@H](C)C/C(C)=C/C=C/[C@@H]2OC)C[C@@H](OC2CC(O)C(OC(N)=O)C(C)O2)[C@@H]1C. The van der Waals surface area contributed by atoms with Gasteiger partial charge in [-0.3, -0.25) is 0 Å². The minimum absolute atomic E-state index is 0.0313. The number of ether oxygens (including phenoxy) is 7. The molecule has 3 heterocycles. The van der Waals surface area contributed by atoms with Crippen LogP contribution in [0.25, 0.3) is 0 Å². The Morgan fingerprint density at radius 1 is 1.10 bits per heavy atom. The summed E-state index contributed by atoms with van der Waals surface area (Å²) < 4.78 is 41.4. The number of cyclic esters (lactones) is 1. The van der Waals surface area contributed by atoms with Crippen molar-refractivity contribution in [3.05, 3.63) is 59.4 Å². The first-order valence-corrected chi connectivity index (χ1v) is 21.7. The fraction of sp³-hybridized carbons (Fsp3) is 0.739. The molecule has 348 valence electrons. The third-order valence-electron chi connectivity index (χ3n) is 12.8. The van der Waals surface area contributed by atoms with Gasteiger partial charge in [0, 0.05) is 49.5 Å². The minimum Gasteiger partial charge on any atom is -0.490 e. The number of hydrogen-bond donors (Lipinski definition) is 6. The molecule has 0 bridgehead atoms. The van der Waals surface area contributed by atoms with Crippen molar-refractivity contribution in [3.63, 3.8) is 0 Å². The van der Waals surface area contributed by atoms with Crippen LogP contribution < -0.4 is 5.73 Å². The second kappa shape index (κ2) is 23.5. The van der Waals surface area contributed by atoms with Crippen molar-refractivity contribution in [3.8, 4) is 0 Å². The number of carbonyl (C=O) groups is 2. The molecule has 0 radical (unpaired) electrons. The molecule has 0 aliphatic carbocycles. The standard InChI is InChI=1S/C46H75NO14/c1-13-16-34-28(7)37(58-38-22-33(48)43(31(10)57-38)60-45(47)53)23-46(54,61-34)30(9)41(51)29(8)42-35(55-11)18-15-17-24(3)19-26(5)39(49)32(14-2)40(50)27(6)20-25(4)21-36(56-12)44(52)59-42/h13,15-18,20-21,26-35,37-43,48-51,54H,14,19,22-23H2,1-12H3,(H2,47,53)/b16-13+,18-15+,24-17+,25-20+,36-21-/t26-,27-,28-,29+,30+,31?,32+,33?,34-,35+,37-,38?,39+,40-,41-,42-,43?,46-/m1/s1. The zero-order valence-corrected chi connectivity index (χ0v) is 38.2. The molecule has 2 fully saturated rings. The summed E-state index contributed by atoms with van der Waals surface area (Å²) in [5.74, 6) is -6.00. The average Bonchev–Trinajstić information content (AvgIpc) is 3.19. The van der Waals surface area contributed by atoms with Crippen molar-refractivity contribution in [2.45, 2.75) is 168 Å². The number of allylic oxidation sites excluding steroid dienone is 6. The second-order valence-corrected chi connectivity index (χ2v) is 17.5. The first-order chi connectivity index (χ1) is 28.6. The third kappa shape index (κ3) is 13.7. The molecule has 0 spiro atoms. The van der Waals surface area contributed by atoms with Gasteiger partial charge in [0.2, 0.25) is 5.76 Å². The maximum atomic E-state index is 13.9. The highest BCUT2D eigenvalue weighted by atomic mass is 16.7. The van der Waals surface area contributed by atoms with Crippen molar-refractivity contribution >= 4 is 12.1 Å². The van der Waals surface area contributed by atoms with E-state index in [1.165, 1.54) is 20.3 Å². The second-order valence-electron chi connectivity index (χ2n) is 17.5. The van der Waals surface area contributed by atoms with Gasteiger partial charge in [-0.1, -0.05) is 89.1 Å². The van der Waals surface area contributed by atoms with Crippen LogP contribution in [0.2, 0.25) is 0 Å².